The molecule has 5 nitrogen and oxygen atoms in total. The number of hydrogen-bond acceptors (Lipinski definition) is 5. The van der Waals surface area contributed by atoms with Crippen molar-refractivity contribution in [2.75, 3.05) is 19.1 Å². The molecule has 2 amide bonds. The van der Waals surface area contributed by atoms with Crippen molar-refractivity contribution < 1.29 is 14.3 Å². The van der Waals surface area contributed by atoms with E-state index in [-0.39, 0.29) is 17.8 Å². The first-order valence-electron chi connectivity index (χ1n) is 7.45. The summed E-state index contributed by atoms with van der Waals surface area (Å²) in [5.41, 5.74) is 1.57. The molecule has 0 bridgehead atoms. The minimum absolute atomic E-state index is 0.0883. The fourth-order valence-electron chi connectivity index (χ4n) is 2.26. The Morgan fingerprint density at radius 3 is 2.64 bits per heavy atom. The Morgan fingerprint density at radius 2 is 1.96 bits per heavy atom. The van der Waals surface area contributed by atoms with Crippen molar-refractivity contribution >= 4 is 46.3 Å². The molecule has 1 fully saturated rings. The maximum Gasteiger partial charge on any atom is 0.295 e. The van der Waals surface area contributed by atoms with Crippen molar-refractivity contribution in [3.8, 4) is 5.75 Å². The van der Waals surface area contributed by atoms with Crippen LogP contribution in [0.3, 0.4) is 0 Å². The molecule has 2 aromatic carbocycles. The van der Waals surface area contributed by atoms with Crippen LogP contribution in [0.2, 0.25) is 5.02 Å². The smallest absolute Gasteiger partial charge is 0.295 e. The number of nitrogens with zero attached hydrogens (tertiary/aromatic N) is 1. The quantitative estimate of drug-likeness (QED) is 0.783. The number of halogens is 1. The number of anilines is 1. The summed E-state index contributed by atoms with van der Waals surface area (Å²) >= 11 is 6.85. The third-order valence-corrected chi connectivity index (χ3v) is 4.70. The highest BCUT2D eigenvalue weighted by atomic mass is 35.5. The van der Waals surface area contributed by atoms with E-state index in [0.717, 1.165) is 28.8 Å². The van der Waals surface area contributed by atoms with Gasteiger partial charge in [0.2, 0.25) is 0 Å². The van der Waals surface area contributed by atoms with Crippen molar-refractivity contribution in [3.05, 3.63) is 64.0 Å². The third-order valence-electron chi connectivity index (χ3n) is 3.55. The number of imide groups is 1. The molecule has 7 heteroatoms. The second-order valence-corrected chi connectivity index (χ2v) is 6.66. The molecular formula is C18H15ClN2O3S. The summed E-state index contributed by atoms with van der Waals surface area (Å²) in [5.74, 6) is 0.413. The molecule has 0 aromatic heterocycles. The Morgan fingerprint density at radius 1 is 1.20 bits per heavy atom. The van der Waals surface area contributed by atoms with E-state index in [2.05, 4.69) is 5.32 Å². The molecule has 1 aliphatic rings. The van der Waals surface area contributed by atoms with Crippen molar-refractivity contribution in [1.82, 2.24) is 4.90 Å². The van der Waals surface area contributed by atoms with Gasteiger partial charge in [-0.05, 0) is 53.7 Å². The minimum Gasteiger partial charge on any atom is -0.497 e. The normalized spacial score (nSPS) is 15.8. The highest BCUT2D eigenvalue weighted by Gasteiger charge is 2.34. The van der Waals surface area contributed by atoms with Gasteiger partial charge in [0.15, 0.2) is 0 Å². The van der Waals surface area contributed by atoms with Crippen LogP contribution in [0.25, 0.3) is 6.08 Å². The molecule has 1 N–H and O–H groups in total. The summed E-state index contributed by atoms with van der Waals surface area (Å²) in [7, 11) is 1.59. The Kier molecular flexibility index (Phi) is 5.31. The summed E-state index contributed by atoms with van der Waals surface area (Å²) in [6.45, 7) is 0.0883. The number of amides is 2. The van der Waals surface area contributed by atoms with E-state index in [1.807, 2.05) is 18.2 Å². The van der Waals surface area contributed by atoms with E-state index in [1.54, 1.807) is 43.5 Å². The average molecular weight is 375 g/mol. The van der Waals surface area contributed by atoms with Crippen molar-refractivity contribution in [1.29, 1.82) is 0 Å². The SMILES string of the molecule is COc1ccc(C=C2SC(=O)N(CNc3cccc(Cl)c3)C2=O)cc1. The molecule has 0 spiro atoms. The Hall–Kier alpha value is -2.44. The molecule has 1 saturated heterocycles. The van der Waals surface area contributed by atoms with E-state index < -0.39 is 0 Å². The maximum atomic E-state index is 12.5. The van der Waals surface area contributed by atoms with Gasteiger partial charge in [0.05, 0.1) is 18.7 Å². The number of ether oxygens (including phenoxy) is 1. The monoisotopic (exact) mass is 374 g/mol. The lowest BCUT2D eigenvalue weighted by Crippen LogP contribution is -2.33. The van der Waals surface area contributed by atoms with Gasteiger partial charge >= 0.3 is 0 Å². The average Bonchev–Trinajstić information content (AvgIpc) is 2.87. The predicted molar refractivity (Wildman–Crippen MR) is 101 cm³/mol. The van der Waals surface area contributed by atoms with Crippen LogP contribution < -0.4 is 10.1 Å². The topological polar surface area (TPSA) is 58.6 Å². The largest absolute Gasteiger partial charge is 0.497 e. The number of methoxy groups -OCH3 is 1. The first-order chi connectivity index (χ1) is 12.1. The van der Waals surface area contributed by atoms with Crippen LogP contribution in [0, 0.1) is 0 Å². The van der Waals surface area contributed by atoms with Gasteiger partial charge < -0.3 is 10.1 Å². The zero-order valence-corrected chi connectivity index (χ0v) is 14.9. The molecule has 0 aliphatic carbocycles. The Bertz CT molecular complexity index is 836. The molecule has 0 atom stereocenters. The molecule has 128 valence electrons. The fraction of sp³-hybridized carbons (Fsp3) is 0.111. The maximum absolute atomic E-state index is 12.5. The summed E-state index contributed by atoms with van der Waals surface area (Å²) < 4.78 is 5.10. The number of nitrogens with one attached hydrogen (secondary N) is 1. The number of carbonyl (C=O) groups is 2. The van der Waals surface area contributed by atoms with Gasteiger partial charge in [0.25, 0.3) is 11.1 Å². The summed E-state index contributed by atoms with van der Waals surface area (Å²) in [5, 5.41) is 3.31. The van der Waals surface area contributed by atoms with Crippen LogP contribution in [-0.4, -0.2) is 29.8 Å². The second kappa shape index (κ2) is 7.63. The fourth-order valence-corrected chi connectivity index (χ4v) is 3.29. The lowest BCUT2D eigenvalue weighted by atomic mass is 10.2. The van der Waals surface area contributed by atoms with Gasteiger partial charge in [-0.3, -0.25) is 14.5 Å². The van der Waals surface area contributed by atoms with Crippen LogP contribution in [0.15, 0.2) is 53.4 Å². The van der Waals surface area contributed by atoms with Gasteiger partial charge in [-0.15, -0.1) is 0 Å². The van der Waals surface area contributed by atoms with E-state index >= 15 is 0 Å². The van der Waals surface area contributed by atoms with E-state index in [4.69, 9.17) is 16.3 Å². The molecule has 0 saturated carbocycles. The van der Waals surface area contributed by atoms with Crippen LogP contribution in [-0.2, 0) is 4.79 Å². The number of rotatable bonds is 5. The highest BCUT2D eigenvalue weighted by molar-refractivity contribution is 8.18. The third kappa shape index (κ3) is 4.15. The summed E-state index contributed by atoms with van der Waals surface area (Å²) in [4.78, 5) is 26.1. The van der Waals surface area contributed by atoms with Gasteiger partial charge in [-0.1, -0.05) is 29.8 Å². The summed E-state index contributed by atoms with van der Waals surface area (Å²) in [6.07, 6.45) is 1.70. The lowest BCUT2D eigenvalue weighted by Gasteiger charge is -2.14. The molecule has 0 radical (unpaired) electrons. The predicted octanol–water partition coefficient (Wildman–Crippen LogP) is 4.45. The molecular weight excluding hydrogens is 360 g/mol. The molecule has 2 aromatic rings. The second-order valence-electron chi connectivity index (χ2n) is 5.23. The van der Waals surface area contributed by atoms with Gasteiger partial charge in [-0.25, -0.2) is 0 Å². The van der Waals surface area contributed by atoms with Crippen molar-refractivity contribution in [3.63, 3.8) is 0 Å². The standard InChI is InChI=1S/C18H15ClN2O3S/c1-24-15-7-5-12(6-8-15)9-16-17(22)21(18(23)25-16)11-20-14-4-2-3-13(19)10-14/h2-10,20H,11H2,1H3. The van der Waals surface area contributed by atoms with Crippen molar-refractivity contribution in [2.24, 2.45) is 0 Å². The zero-order chi connectivity index (χ0) is 17.8. The number of benzene rings is 2. The van der Waals surface area contributed by atoms with E-state index in [1.165, 1.54) is 4.90 Å². The van der Waals surface area contributed by atoms with Crippen LogP contribution >= 0.6 is 23.4 Å². The highest BCUT2D eigenvalue weighted by Crippen LogP contribution is 2.32. The molecule has 0 unspecified atom stereocenters. The molecule has 3 rings (SSSR count). The van der Waals surface area contributed by atoms with Gasteiger partial charge in [0, 0.05) is 10.7 Å². The summed E-state index contributed by atoms with van der Waals surface area (Å²) in [6, 6.07) is 14.4. The van der Waals surface area contributed by atoms with Gasteiger partial charge in [0.1, 0.15) is 5.75 Å². The number of thioether (sulfide) groups is 1. The van der Waals surface area contributed by atoms with Crippen LogP contribution in [0.5, 0.6) is 5.75 Å². The number of hydrogen-bond donors (Lipinski definition) is 1. The van der Waals surface area contributed by atoms with E-state index in [0.29, 0.717) is 9.93 Å². The zero-order valence-electron chi connectivity index (χ0n) is 13.4. The molecule has 1 aliphatic heterocycles. The lowest BCUT2D eigenvalue weighted by molar-refractivity contribution is -0.122. The Balaban J connectivity index is 1.69. The molecule has 1 heterocycles. The van der Waals surface area contributed by atoms with Gasteiger partial charge in [-0.2, -0.15) is 0 Å². The first kappa shape index (κ1) is 17.4. The molecule has 25 heavy (non-hydrogen) atoms. The number of carbonyl (C=O) groups excluding carboxylic acids is 2. The van der Waals surface area contributed by atoms with Crippen LogP contribution in [0.1, 0.15) is 5.56 Å². The van der Waals surface area contributed by atoms with Crippen LogP contribution in [0.4, 0.5) is 10.5 Å². The van der Waals surface area contributed by atoms with Crippen molar-refractivity contribution in [2.45, 2.75) is 0 Å². The minimum atomic E-state index is -0.319. The first-order valence-corrected chi connectivity index (χ1v) is 8.65. The van der Waals surface area contributed by atoms with E-state index in [9.17, 15) is 9.59 Å². The Labute approximate surface area is 154 Å².